The molecule has 1 aromatic heterocycles. The van der Waals surface area contributed by atoms with Crippen molar-refractivity contribution in [1.29, 1.82) is 0 Å². The lowest BCUT2D eigenvalue weighted by Gasteiger charge is -2.09. The summed E-state index contributed by atoms with van der Waals surface area (Å²) in [4.78, 5) is 17.6. The summed E-state index contributed by atoms with van der Waals surface area (Å²) in [6, 6.07) is 11.1. The Labute approximate surface area is 144 Å². The lowest BCUT2D eigenvalue weighted by Crippen LogP contribution is -2.13. The molecule has 3 aromatic rings. The van der Waals surface area contributed by atoms with Crippen LogP contribution < -0.4 is 9.47 Å². The molecular formula is C18H18N2O3S. The Balaban J connectivity index is 2.21. The standard InChI is InChI=1S/C18H18N2O3S/c1-11-5-7-12(8-6-11)17(21)20-14-10-16(23-3)15(22-2)9-13(14)19-18(20)24-4/h5-10H,1-4H3. The predicted octanol–water partition coefficient (Wildman–Crippen LogP) is 3.77. The van der Waals surface area contributed by atoms with E-state index in [1.807, 2.05) is 37.4 Å². The van der Waals surface area contributed by atoms with E-state index < -0.39 is 0 Å². The Kier molecular flexibility index (Phi) is 4.49. The van der Waals surface area contributed by atoms with Crippen LogP contribution in [0.4, 0.5) is 0 Å². The van der Waals surface area contributed by atoms with E-state index >= 15 is 0 Å². The largest absolute Gasteiger partial charge is 0.493 e. The maximum absolute atomic E-state index is 13.0. The molecule has 0 amide bonds. The number of hydrogen-bond acceptors (Lipinski definition) is 5. The number of nitrogens with zero attached hydrogens (tertiary/aromatic N) is 2. The van der Waals surface area contributed by atoms with E-state index in [0.717, 1.165) is 5.56 Å². The monoisotopic (exact) mass is 342 g/mol. The van der Waals surface area contributed by atoms with Crippen LogP contribution in [-0.2, 0) is 0 Å². The van der Waals surface area contributed by atoms with Gasteiger partial charge in [0.05, 0.1) is 25.3 Å². The van der Waals surface area contributed by atoms with E-state index in [1.165, 1.54) is 11.8 Å². The second-order valence-corrected chi connectivity index (χ2v) is 6.07. The minimum absolute atomic E-state index is 0.117. The number of imidazole rings is 1. The molecule has 24 heavy (non-hydrogen) atoms. The summed E-state index contributed by atoms with van der Waals surface area (Å²) in [7, 11) is 3.15. The molecule has 0 saturated heterocycles. The van der Waals surface area contributed by atoms with Gasteiger partial charge >= 0.3 is 0 Å². The van der Waals surface area contributed by atoms with E-state index in [2.05, 4.69) is 4.98 Å². The number of carbonyl (C=O) groups is 1. The summed E-state index contributed by atoms with van der Waals surface area (Å²) in [5.41, 5.74) is 3.11. The first-order chi connectivity index (χ1) is 11.6. The third-order valence-electron chi connectivity index (χ3n) is 3.81. The van der Waals surface area contributed by atoms with Gasteiger partial charge in [-0.15, -0.1) is 0 Å². The number of methoxy groups -OCH3 is 2. The van der Waals surface area contributed by atoms with Crippen molar-refractivity contribution in [3.8, 4) is 11.5 Å². The van der Waals surface area contributed by atoms with E-state index in [9.17, 15) is 4.79 Å². The van der Waals surface area contributed by atoms with Crippen LogP contribution in [0, 0.1) is 6.92 Å². The fourth-order valence-corrected chi connectivity index (χ4v) is 3.09. The lowest BCUT2D eigenvalue weighted by molar-refractivity contribution is 0.0955. The molecule has 6 heteroatoms. The summed E-state index contributed by atoms with van der Waals surface area (Å²) in [5.74, 6) is 1.04. The summed E-state index contributed by atoms with van der Waals surface area (Å²) in [6.07, 6.45) is 1.90. The molecule has 0 saturated carbocycles. The summed E-state index contributed by atoms with van der Waals surface area (Å²) >= 11 is 1.42. The number of aromatic nitrogens is 2. The van der Waals surface area contributed by atoms with Gasteiger partial charge in [0, 0.05) is 17.7 Å². The van der Waals surface area contributed by atoms with Crippen LogP contribution in [0.15, 0.2) is 41.6 Å². The molecule has 124 valence electrons. The second kappa shape index (κ2) is 6.57. The SMILES string of the molecule is COc1cc2nc(SC)n(C(=O)c3ccc(C)cc3)c2cc1OC. The summed E-state index contributed by atoms with van der Waals surface area (Å²) in [6.45, 7) is 1.99. The minimum atomic E-state index is -0.117. The molecule has 5 nitrogen and oxygen atoms in total. The molecule has 0 N–H and O–H groups in total. The first kappa shape index (κ1) is 16.4. The number of thioether (sulfide) groups is 1. The maximum atomic E-state index is 13.0. The van der Waals surface area contributed by atoms with Crippen molar-refractivity contribution in [2.45, 2.75) is 12.1 Å². The van der Waals surface area contributed by atoms with Gasteiger partial charge in [0.2, 0.25) is 0 Å². The lowest BCUT2D eigenvalue weighted by atomic mass is 10.1. The molecule has 1 heterocycles. The van der Waals surface area contributed by atoms with Crippen molar-refractivity contribution in [1.82, 2.24) is 9.55 Å². The van der Waals surface area contributed by atoms with Crippen LogP contribution in [0.1, 0.15) is 15.9 Å². The van der Waals surface area contributed by atoms with Crippen molar-refractivity contribution >= 4 is 28.7 Å². The molecule has 0 aliphatic carbocycles. The zero-order chi connectivity index (χ0) is 17.3. The van der Waals surface area contributed by atoms with Crippen molar-refractivity contribution in [2.24, 2.45) is 0 Å². The van der Waals surface area contributed by atoms with E-state index in [0.29, 0.717) is 33.3 Å². The molecule has 0 aliphatic rings. The third kappa shape index (κ3) is 2.73. The van der Waals surface area contributed by atoms with Crippen LogP contribution in [-0.4, -0.2) is 35.9 Å². The maximum Gasteiger partial charge on any atom is 0.264 e. The van der Waals surface area contributed by atoms with Crippen molar-refractivity contribution in [2.75, 3.05) is 20.5 Å². The fourth-order valence-electron chi connectivity index (χ4n) is 2.54. The van der Waals surface area contributed by atoms with Gasteiger partial charge in [-0.05, 0) is 25.3 Å². The number of carbonyl (C=O) groups excluding carboxylic acids is 1. The number of rotatable bonds is 4. The number of aryl methyl sites for hydroxylation is 1. The second-order valence-electron chi connectivity index (χ2n) is 5.30. The minimum Gasteiger partial charge on any atom is -0.493 e. The van der Waals surface area contributed by atoms with Crippen LogP contribution >= 0.6 is 11.8 Å². The molecule has 0 radical (unpaired) electrons. The third-order valence-corrected chi connectivity index (χ3v) is 4.45. The number of hydrogen-bond donors (Lipinski definition) is 0. The predicted molar refractivity (Wildman–Crippen MR) is 95.5 cm³/mol. The van der Waals surface area contributed by atoms with Gasteiger partial charge in [0.25, 0.3) is 5.91 Å². The average molecular weight is 342 g/mol. The van der Waals surface area contributed by atoms with Gasteiger partial charge in [0.15, 0.2) is 16.7 Å². The highest BCUT2D eigenvalue weighted by atomic mass is 32.2. The Hall–Kier alpha value is -2.47. The van der Waals surface area contributed by atoms with E-state index in [4.69, 9.17) is 9.47 Å². The molecule has 0 atom stereocenters. The average Bonchev–Trinajstić information content (AvgIpc) is 2.97. The molecule has 0 fully saturated rings. The van der Waals surface area contributed by atoms with Crippen LogP contribution in [0.3, 0.4) is 0 Å². The normalized spacial score (nSPS) is 10.8. The van der Waals surface area contributed by atoms with E-state index in [1.54, 1.807) is 30.9 Å². The molecule has 2 aromatic carbocycles. The van der Waals surface area contributed by atoms with Gasteiger partial charge in [-0.1, -0.05) is 29.5 Å². The molecule has 0 bridgehead atoms. The van der Waals surface area contributed by atoms with Crippen molar-refractivity contribution in [3.63, 3.8) is 0 Å². The summed E-state index contributed by atoms with van der Waals surface area (Å²) in [5, 5.41) is 0.630. The van der Waals surface area contributed by atoms with E-state index in [-0.39, 0.29) is 5.91 Å². The smallest absolute Gasteiger partial charge is 0.264 e. The molecule has 0 aliphatic heterocycles. The number of ether oxygens (including phenoxy) is 2. The first-order valence-electron chi connectivity index (χ1n) is 7.39. The van der Waals surface area contributed by atoms with Crippen LogP contribution in [0.5, 0.6) is 11.5 Å². The van der Waals surface area contributed by atoms with Gasteiger partial charge in [-0.2, -0.15) is 0 Å². The highest BCUT2D eigenvalue weighted by molar-refractivity contribution is 7.98. The Bertz CT molecular complexity index is 901. The van der Waals surface area contributed by atoms with Gasteiger partial charge in [-0.3, -0.25) is 9.36 Å². The topological polar surface area (TPSA) is 53.4 Å². The van der Waals surface area contributed by atoms with Gasteiger partial charge in [0.1, 0.15) is 0 Å². The Morgan fingerprint density at radius 1 is 1.08 bits per heavy atom. The molecule has 3 rings (SSSR count). The van der Waals surface area contributed by atoms with Gasteiger partial charge in [-0.25, -0.2) is 4.98 Å². The Morgan fingerprint density at radius 2 is 1.71 bits per heavy atom. The highest BCUT2D eigenvalue weighted by Gasteiger charge is 2.20. The quantitative estimate of drug-likeness (QED) is 0.676. The van der Waals surface area contributed by atoms with Crippen LogP contribution in [0.25, 0.3) is 11.0 Å². The zero-order valence-electron chi connectivity index (χ0n) is 14.0. The molecule has 0 unspecified atom stereocenters. The van der Waals surface area contributed by atoms with Gasteiger partial charge < -0.3 is 9.47 Å². The molecule has 0 spiro atoms. The zero-order valence-corrected chi connectivity index (χ0v) is 14.8. The van der Waals surface area contributed by atoms with Crippen molar-refractivity contribution < 1.29 is 14.3 Å². The first-order valence-corrected chi connectivity index (χ1v) is 8.61. The Morgan fingerprint density at radius 3 is 2.29 bits per heavy atom. The van der Waals surface area contributed by atoms with Crippen LogP contribution in [0.2, 0.25) is 0 Å². The highest BCUT2D eigenvalue weighted by Crippen LogP contribution is 2.34. The summed E-state index contributed by atoms with van der Waals surface area (Å²) < 4.78 is 12.3. The van der Waals surface area contributed by atoms with Crippen molar-refractivity contribution in [3.05, 3.63) is 47.5 Å². The molecular weight excluding hydrogens is 324 g/mol. The fraction of sp³-hybridized carbons (Fsp3) is 0.222. The number of benzene rings is 2. The number of fused-ring (bicyclic) bond motifs is 1.